The fourth-order valence-corrected chi connectivity index (χ4v) is 1.08. The molecule has 9 heteroatoms. The van der Waals surface area contributed by atoms with Crippen molar-refractivity contribution >= 4 is 12.0 Å². The lowest BCUT2D eigenvalue weighted by Crippen LogP contribution is -2.53. The predicted octanol–water partition coefficient (Wildman–Crippen LogP) is 0.515. The Morgan fingerprint density at radius 1 is 1.50 bits per heavy atom. The Labute approximate surface area is 105 Å². The molecule has 9 nitrogen and oxygen atoms in total. The van der Waals surface area contributed by atoms with Gasteiger partial charge in [0.2, 0.25) is 0 Å². The van der Waals surface area contributed by atoms with Crippen molar-refractivity contribution in [1.29, 1.82) is 0 Å². The van der Waals surface area contributed by atoms with Crippen LogP contribution in [0.25, 0.3) is 0 Å². The first kappa shape index (κ1) is 16.1. The van der Waals surface area contributed by atoms with Crippen LogP contribution >= 0.6 is 0 Å². The summed E-state index contributed by atoms with van der Waals surface area (Å²) in [4.78, 5) is 27.9. The number of urea groups is 1. The van der Waals surface area contributed by atoms with E-state index >= 15 is 0 Å². The van der Waals surface area contributed by atoms with Crippen LogP contribution in [0.3, 0.4) is 0 Å². The zero-order valence-electron chi connectivity index (χ0n) is 11.2. The Kier molecular flexibility index (Phi) is 6.03. The van der Waals surface area contributed by atoms with Crippen molar-refractivity contribution < 1.29 is 14.7 Å². The molecule has 0 aliphatic heterocycles. The van der Waals surface area contributed by atoms with E-state index in [1.165, 1.54) is 7.11 Å². The van der Waals surface area contributed by atoms with Crippen molar-refractivity contribution in [1.82, 2.24) is 15.7 Å². The summed E-state index contributed by atoms with van der Waals surface area (Å²) < 4.78 is 0. The average Bonchev–Trinajstić information content (AvgIpc) is 2.14. The zero-order chi connectivity index (χ0) is 14.3. The molecule has 0 rings (SSSR count). The third-order valence-corrected chi connectivity index (χ3v) is 1.67. The van der Waals surface area contributed by atoms with E-state index in [1.807, 2.05) is 0 Å². The average molecular weight is 261 g/mol. The van der Waals surface area contributed by atoms with Crippen molar-refractivity contribution in [3.63, 3.8) is 0 Å². The van der Waals surface area contributed by atoms with Gasteiger partial charge in [-0.05, 0) is 27.7 Å². The van der Waals surface area contributed by atoms with Gasteiger partial charge in [-0.2, -0.15) is 0 Å². The summed E-state index contributed by atoms with van der Waals surface area (Å²) in [5.74, 6) is -0.285. The van der Waals surface area contributed by atoms with Gasteiger partial charge in [-0.25, -0.2) is 20.4 Å². The van der Waals surface area contributed by atoms with Gasteiger partial charge in [0.25, 0.3) is 0 Å². The molecule has 2 amide bonds. The molecule has 18 heavy (non-hydrogen) atoms. The van der Waals surface area contributed by atoms with Crippen molar-refractivity contribution in [2.75, 3.05) is 13.7 Å². The molecule has 0 aromatic rings. The minimum Gasteiger partial charge on any atom is -0.333 e. The van der Waals surface area contributed by atoms with Crippen molar-refractivity contribution in [2.45, 2.75) is 33.2 Å². The summed E-state index contributed by atoms with van der Waals surface area (Å²) in [7, 11) is 1.27. The monoisotopic (exact) mass is 261 g/mol. The summed E-state index contributed by atoms with van der Waals surface area (Å²) >= 11 is 0. The number of hydroxylamine groups is 1. The number of nitro groups is 1. The largest absolute Gasteiger partial charge is 0.333 e. The number of rotatable bonds is 3. The number of guanidine groups is 1. The minimum absolute atomic E-state index is 0.199. The lowest BCUT2D eigenvalue weighted by molar-refractivity contribution is -0.486. The Morgan fingerprint density at radius 3 is 2.39 bits per heavy atom. The maximum atomic E-state index is 11.9. The van der Waals surface area contributed by atoms with Gasteiger partial charge in [-0.15, -0.1) is 0 Å². The van der Waals surface area contributed by atoms with E-state index in [9.17, 15) is 14.9 Å². The number of hydrazone groups is 1. The number of nitrogens with zero attached hydrogens (tertiary/aromatic N) is 3. The van der Waals surface area contributed by atoms with Gasteiger partial charge in [0.05, 0.1) is 7.11 Å². The van der Waals surface area contributed by atoms with Gasteiger partial charge in [0.15, 0.2) is 5.03 Å². The minimum atomic E-state index is -0.908. The first-order valence-corrected chi connectivity index (χ1v) is 5.33. The smallest absolute Gasteiger partial charge is 0.324 e. The van der Waals surface area contributed by atoms with Gasteiger partial charge < -0.3 is 5.32 Å². The molecular formula is C9H19N5O4. The molecule has 0 fully saturated rings. The maximum absolute atomic E-state index is 11.9. The molecule has 0 saturated carbocycles. The van der Waals surface area contributed by atoms with Crippen molar-refractivity contribution in [2.24, 2.45) is 5.10 Å². The lowest BCUT2D eigenvalue weighted by atomic mass is 10.1. The number of nitrogens with one attached hydrogen (secondary N) is 2. The van der Waals surface area contributed by atoms with Crippen LogP contribution in [0.4, 0.5) is 4.79 Å². The summed E-state index contributed by atoms with van der Waals surface area (Å²) in [6.07, 6.45) is 0. The normalized spacial score (nSPS) is 11.9. The molecule has 0 aromatic heterocycles. The van der Waals surface area contributed by atoms with Gasteiger partial charge in [0, 0.05) is 12.1 Å². The number of hydrogen-bond donors (Lipinski definition) is 2. The third kappa shape index (κ3) is 5.99. The Balaban J connectivity index is 5.01. The highest BCUT2D eigenvalue weighted by molar-refractivity contribution is 5.95. The van der Waals surface area contributed by atoms with E-state index in [-0.39, 0.29) is 12.5 Å². The molecule has 0 unspecified atom stereocenters. The molecule has 2 N–H and O–H groups in total. The highest BCUT2D eigenvalue weighted by Gasteiger charge is 2.24. The van der Waals surface area contributed by atoms with Crippen LogP contribution in [-0.4, -0.2) is 41.1 Å². The Bertz CT molecular complexity index is 336. The molecule has 0 saturated heterocycles. The first-order valence-electron chi connectivity index (χ1n) is 5.33. The second-order valence-electron chi connectivity index (χ2n) is 4.39. The van der Waals surface area contributed by atoms with Gasteiger partial charge >= 0.3 is 12.0 Å². The summed E-state index contributed by atoms with van der Waals surface area (Å²) in [6, 6.07) is -0.504. The quantitative estimate of drug-likeness (QED) is 0.333. The van der Waals surface area contributed by atoms with E-state index in [0.29, 0.717) is 0 Å². The van der Waals surface area contributed by atoms with E-state index in [4.69, 9.17) is 0 Å². The molecule has 0 atom stereocenters. The maximum Gasteiger partial charge on any atom is 0.324 e. The second-order valence-corrected chi connectivity index (χ2v) is 4.39. The standard InChI is InChI=1S/C9H19N5O4/c1-6-13(8(15)10-9(2,3)4)7(12-18-5)11-14(16)17/h6H2,1-5H3,(H,10,15)(H,11,12). The number of carbonyl (C=O) groups is 1. The highest BCUT2D eigenvalue weighted by atomic mass is 16.7. The van der Waals surface area contributed by atoms with Crippen LogP contribution in [-0.2, 0) is 4.84 Å². The number of carbonyl (C=O) groups excluding carboxylic acids is 1. The second kappa shape index (κ2) is 6.74. The molecule has 0 aliphatic rings. The molecule has 0 aromatic carbocycles. The SMILES string of the molecule is CCN(C(=O)NC(C)(C)C)/C(=N/[N+](=O)[O-])NOC. The molecule has 104 valence electrons. The predicted molar refractivity (Wildman–Crippen MR) is 65.2 cm³/mol. The lowest BCUT2D eigenvalue weighted by Gasteiger charge is -2.26. The molecular weight excluding hydrogens is 242 g/mol. The van der Waals surface area contributed by atoms with E-state index < -0.39 is 16.6 Å². The van der Waals surface area contributed by atoms with Gasteiger partial charge in [-0.1, -0.05) is 0 Å². The topological polar surface area (TPSA) is 109 Å². The van der Waals surface area contributed by atoms with Crippen LogP contribution < -0.4 is 10.8 Å². The third-order valence-electron chi connectivity index (χ3n) is 1.67. The Hall–Kier alpha value is -1.90. The first-order chi connectivity index (χ1) is 8.21. The molecule has 0 bridgehead atoms. The van der Waals surface area contributed by atoms with Crippen LogP contribution in [0, 0.1) is 10.1 Å². The molecule has 0 heterocycles. The van der Waals surface area contributed by atoms with Crippen LogP contribution in [0.2, 0.25) is 0 Å². The Morgan fingerprint density at radius 2 is 2.06 bits per heavy atom. The van der Waals surface area contributed by atoms with Crippen LogP contribution in [0.15, 0.2) is 5.10 Å². The number of hydrogen-bond acceptors (Lipinski definition) is 4. The fraction of sp³-hybridized carbons (Fsp3) is 0.778. The van der Waals surface area contributed by atoms with E-state index in [1.54, 1.807) is 27.7 Å². The van der Waals surface area contributed by atoms with Crippen LogP contribution in [0.1, 0.15) is 27.7 Å². The van der Waals surface area contributed by atoms with Crippen molar-refractivity contribution in [3.8, 4) is 0 Å². The van der Waals surface area contributed by atoms with E-state index in [2.05, 4.69) is 20.7 Å². The van der Waals surface area contributed by atoms with Gasteiger partial charge in [-0.3, -0.25) is 9.74 Å². The number of amides is 2. The summed E-state index contributed by atoms with van der Waals surface area (Å²) in [6.45, 7) is 7.26. The summed E-state index contributed by atoms with van der Waals surface area (Å²) in [5, 5.41) is 15.2. The van der Waals surface area contributed by atoms with E-state index in [0.717, 1.165) is 4.90 Å². The fourth-order valence-electron chi connectivity index (χ4n) is 1.08. The molecule has 0 aliphatic carbocycles. The van der Waals surface area contributed by atoms with Crippen LogP contribution in [0.5, 0.6) is 0 Å². The summed E-state index contributed by atoms with van der Waals surface area (Å²) in [5.41, 5.74) is 1.74. The molecule has 0 spiro atoms. The highest BCUT2D eigenvalue weighted by Crippen LogP contribution is 2.01. The zero-order valence-corrected chi connectivity index (χ0v) is 11.2. The van der Waals surface area contributed by atoms with Gasteiger partial charge in [0.1, 0.15) is 5.10 Å². The van der Waals surface area contributed by atoms with Crippen molar-refractivity contribution in [3.05, 3.63) is 10.1 Å². The molecule has 0 radical (unpaired) electrons.